The molecule has 7 nitrogen and oxygen atoms in total. The number of likely N-dealkylation sites (tertiary alicyclic amines) is 1. The molecule has 0 atom stereocenters. The van der Waals surface area contributed by atoms with E-state index in [0.29, 0.717) is 5.92 Å². The largest absolute Gasteiger partial charge is 0.297 e. The van der Waals surface area contributed by atoms with E-state index in [-0.39, 0.29) is 0 Å². The number of hydrogen-bond acceptors (Lipinski definition) is 5. The van der Waals surface area contributed by atoms with Gasteiger partial charge in [0.25, 0.3) is 0 Å². The van der Waals surface area contributed by atoms with Crippen molar-refractivity contribution >= 4 is 5.65 Å². The minimum Gasteiger partial charge on any atom is -0.297 e. The molecule has 2 aliphatic rings. The molecule has 4 heterocycles. The van der Waals surface area contributed by atoms with Gasteiger partial charge in [0, 0.05) is 18.2 Å². The number of aryl methyl sites for hydroxylation is 2. The van der Waals surface area contributed by atoms with Gasteiger partial charge in [-0.1, -0.05) is 0 Å². The molecule has 136 valence electrons. The number of piperidine rings is 1. The van der Waals surface area contributed by atoms with Gasteiger partial charge in [-0.15, -0.1) is 10.2 Å². The monoisotopic (exact) mass is 351 g/mol. The van der Waals surface area contributed by atoms with Crippen molar-refractivity contribution in [3.05, 3.63) is 40.6 Å². The standard InChI is InChI=1S/C19H25N7/c1-13-6-7-18-22-23-19(26(18)24-13)14-8-10-25(11-9-14)12-17-15-4-2-3-5-16(15)20-21-17/h6-7,14H,2-5,8-12H2,1H3,(H,20,21). The van der Waals surface area contributed by atoms with Crippen molar-refractivity contribution in [2.45, 2.75) is 57.9 Å². The van der Waals surface area contributed by atoms with Gasteiger partial charge in [-0.2, -0.15) is 14.7 Å². The van der Waals surface area contributed by atoms with E-state index in [1.807, 2.05) is 23.6 Å². The molecular formula is C19H25N7. The highest BCUT2D eigenvalue weighted by atomic mass is 15.4. The molecule has 0 amide bonds. The van der Waals surface area contributed by atoms with Gasteiger partial charge in [0.1, 0.15) is 0 Å². The minimum atomic E-state index is 0.434. The second-order valence-electron chi connectivity index (χ2n) is 7.69. The van der Waals surface area contributed by atoms with Gasteiger partial charge in [-0.05, 0) is 76.2 Å². The van der Waals surface area contributed by atoms with E-state index in [2.05, 4.69) is 30.4 Å². The summed E-state index contributed by atoms with van der Waals surface area (Å²) in [5.41, 5.74) is 5.97. The van der Waals surface area contributed by atoms with Gasteiger partial charge in [0.05, 0.1) is 11.4 Å². The van der Waals surface area contributed by atoms with Crippen LogP contribution < -0.4 is 0 Å². The maximum atomic E-state index is 4.61. The molecule has 0 saturated carbocycles. The summed E-state index contributed by atoms with van der Waals surface area (Å²) in [7, 11) is 0. The fourth-order valence-electron chi connectivity index (χ4n) is 4.39. The average Bonchev–Trinajstić information content (AvgIpc) is 3.27. The Bertz CT molecular complexity index is 917. The molecule has 1 aliphatic heterocycles. The van der Waals surface area contributed by atoms with E-state index < -0.39 is 0 Å². The minimum absolute atomic E-state index is 0.434. The third kappa shape index (κ3) is 2.80. The van der Waals surface area contributed by atoms with Crippen LogP contribution in [-0.2, 0) is 19.4 Å². The lowest BCUT2D eigenvalue weighted by molar-refractivity contribution is 0.198. The number of hydrogen-bond donors (Lipinski definition) is 1. The van der Waals surface area contributed by atoms with Crippen LogP contribution in [0, 0.1) is 6.92 Å². The quantitative estimate of drug-likeness (QED) is 0.784. The van der Waals surface area contributed by atoms with Gasteiger partial charge < -0.3 is 0 Å². The third-order valence-corrected chi connectivity index (χ3v) is 5.89. The van der Waals surface area contributed by atoms with E-state index in [1.54, 1.807) is 0 Å². The van der Waals surface area contributed by atoms with Crippen LogP contribution >= 0.6 is 0 Å². The molecule has 1 fully saturated rings. The first kappa shape index (κ1) is 15.9. The van der Waals surface area contributed by atoms with E-state index in [9.17, 15) is 0 Å². The zero-order chi connectivity index (χ0) is 17.5. The Labute approximate surface area is 152 Å². The summed E-state index contributed by atoms with van der Waals surface area (Å²) in [4.78, 5) is 2.53. The highest BCUT2D eigenvalue weighted by molar-refractivity contribution is 5.36. The summed E-state index contributed by atoms with van der Waals surface area (Å²) in [6.45, 7) is 5.13. The van der Waals surface area contributed by atoms with Crippen molar-refractivity contribution in [1.29, 1.82) is 0 Å². The molecule has 7 heteroatoms. The fourth-order valence-corrected chi connectivity index (χ4v) is 4.39. The van der Waals surface area contributed by atoms with Crippen LogP contribution in [0.15, 0.2) is 12.1 Å². The molecule has 1 N–H and O–H groups in total. The van der Waals surface area contributed by atoms with Crippen LogP contribution in [0.1, 0.15) is 60.1 Å². The van der Waals surface area contributed by atoms with Gasteiger partial charge in [-0.25, -0.2) is 0 Å². The van der Waals surface area contributed by atoms with E-state index in [1.165, 1.54) is 36.2 Å². The Hall–Kier alpha value is -2.28. The summed E-state index contributed by atoms with van der Waals surface area (Å²) in [5, 5.41) is 21.2. The highest BCUT2D eigenvalue weighted by Crippen LogP contribution is 2.29. The molecule has 3 aromatic heterocycles. The fraction of sp³-hybridized carbons (Fsp3) is 0.579. The van der Waals surface area contributed by atoms with Crippen LogP contribution in [0.5, 0.6) is 0 Å². The zero-order valence-corrected chi connectivity index (χ0v) is 15.3. The van der Waals surface area contributed by atoms with Gasteiger partial charge in [0.2, 0.25) is 0 Å². The highest BCUT2D eigenvalue weighted by Gasteiger charge is 2.26. The Morgan fingerprint density at radius 2 is 1.96 bits per heavy atom. The number of H-pyrrole nitrogens is 1. The smallest absolute Gasteiger partial charge is 0.177 e. The molecule has 0 radical (unpaired) electrons. The van der Waals surface area contributed by atoms with Gasteiger partial charge >= 0.3 is 0 Å². The van der Waals surface area contributed by atoms with Crippen LogP contribution in [-0.4, -0.2) is 48.0 Å². The number of rotatable bonds is 3. The molecule has 5 rings (SSSR count). The summed E-state index contributed by atoms with van der Waals surface area (Å²) >= 11 is 0. The second-order valence-corrected chi connectivity index (χ2v) is 7.69. The second kappa shape index (κ2) is 6.46. The maximum Gasteiger partial charge on any atom is 0.177 e. The van der Waals surface area contributed by atoms with Crippen LogP contribution in [0.25, 0.3) is 5.65 Å². The summed E-state index contributed by atoms with van der Waals surface area (Å²) in [5.74, 6) is 1.45. The maximum absolute atomic E-state index is 4.61. The molecule has 1 saturated heterocycles. The van der Waals surface area contributed by atoms with E-state index >= 15 is 0 Å². The van der Waals surface area contributed by atoms with Crippen molar-refractivity contribution in [2.75, 3.05) is 13.1 Å². The average molecular weight is 351 g/mol. The normalized spacial score (nSPS) is 19.1. The molecule has 0 spiro atoms. The summed E-state index contributed by atoms with van der Waals surface area (Å²) in [6.07, 6.45) is 7.14. The van der Waals surface area contributed by atoms with Crippen molar-refractivity contribution in [3.63, 3.8) is 0 Å². The van der Waals surface area contributed by atoms with Crippen molar-refractivity contribution in [1.82, 2.24) is 34.9 Å². The number of nitrogens with one attached hydrogen (secondary N) is 1. The SMILES string of the molecule is Cc1ccc2nnc(C3CCN(Cc4n[nH]c5c4CCCC5)CC3)n2n1. The lowest BCUT2D eigenvalue weighted by Crippen LogP contribution is -2.33. The van der Waals surface area contributed by atoms with Crippen LogP contribution in [0.4, 0.5) is 0 Å². The van der Waals surface area contributed by atoms with Crippen molar-refractivity contribution in [2.24, 2.45) is 0 Å². The van der Waals surface area contributed by atoms with Gasteiger partial charge in [0.15, 0.2) is 11.5 Å². The summed E-state index contributed by atoms with van der Waals surface area (Å²) < 4.78 is 1.93. The van der Waals surface area contributed by atoms with E-state index in [4.69, 9.17) is 0 Å². The lowest BCUT2D eigenvalue weighted by Gasteiger charge is -2.30. The molecule has 0 bridgehead atoms. The van der Waals surface area contributed by atoms with Crippen LogP contribution in [0.2, 0.25) is 0 Å². The van der Waals surface area contributed by atoms with Gasteiger partial charge in [-0.3, -0.25) is 10.00 Å². The molecule has 1 aliphatic carbocycles. The third-order valence-electron chi connectivity index (χ3n) is 5.89. The zero-order valence-electron chi connectivity index (χ0n) is 15.3. The topological polar surface area (TPSA) is 75.0 Å². The number of aromatic nitrogens is 6. The van der Waals surface area contributed by atoms with E-state index in [0.717, 1.165) is 56.1 Å². The van der Waals surface area contributed by atoms with Crippen molar-refractivity contribution in [3.8, 4) is 0 Å². The number of fused-ring (bicyclic) bond motifs is 2. The first-order valence-corrected chi connectivity index (χ1v) is 9.74. The summed E-state index contributed by atoms with van der Waals surface area (Å²) in [6, 6.07) is 3.98. The Morgan fingerprint density at radius 1 is 1.12 bits per heavy atom. The molecule has 0 unspecified atom stereocenters. The molecule has 3 aromatic rings. The van der Waals surface area contributed by atoms with Crippen LogP contribution in [0.3, 0.4) is 0 Å². The Balaban J connectivity index is 1.27. The number of nitrogens with zero attached hydrogens (tertiary/aromatic N) is 6. The Morgan fingerprint density at radius 3 is 2.85 bits per heavy atom. The first-order valence-electron chi connectivity index (χ1n) is 9.74. The predicted molar refractivity (Wildman–Crippen MR) is 98.0 cm³/mol. The molecule has 26 heavy (non-hydrogen) atoms. The molecular weight excluding hydrogens is 326 g/mol. The Kier molecular flexibility index (Phi) is 3.96. The lowest BCUT2D eigenvalue weighted by atomic mass is 9.94. The van der Waals surface area contributed by atoms with Crippen molar-refractivity contribution < 1.29 is 0 Å². The number of aromatic amines is 1. The molecule has 0 aromatic carbocycles. The predicted octanol–water partition coefficient (Wildman–Crippen LogP) is 2.41. The first-order chi connectivity index (χ1) is 12.8.